The van der Waals surface area contributed by atoms with Crippen LogP contribution < -0.4 is 0 Å². The number of thiophene rings is 1. The monoisotopic (exact) mass is 278 g/mol. The molecule has 1 heterocycles. The van der Waals surface area contributed by atoms with E-state index in [9.17, 15) is 5.11 Å². The Morgan fingerprint density at radius 2 is 2.43 bits per heavy atom. The van der Waals surface area contributed by atoms with Crippen LogP contribution in [0, 0.1) is 0 Å². The lowest BCUT2D eigenvalue weighted by atomic mass is 10.1. The SMILES string of the molecule is COCCCC(O)Cc1sccc1Br. The second-order valence-electron chi connectivity index (χ2n) is 3.18. The zero-order valence-electron chi connectivity index (χ0n) is 8.20. The molecule has 80 valence electrons. The molecule has 0 aliphatic heterocycles. The van der Waals surface area contributed by atoms with Crippen molar-refractivity contribution < 1.29 is 9.84 Å². The largest absolute Gasteiger partial charge is 0.393 e. The van der Waals surface area contributed by atoms with Crippen molar-refractivity contribution in [2.24, 2.45) is 0 Å². The Bertz CT molecular complexity index is 262. The molecule has 0 fully saturated rings. The van der Waals surface area contributed by atoms with Crippen molar-refractivity contribution in [1.82, 2.24) is 0 Å². The summed E-state index contributed by atoms with van der Waals surface area (Å²) in [5.41, 5.74) is 0. The summed E-state index contributed by atoms with van der Waals surface area (Å²) in [7, 11) is 1.68. The van der Waals surface area contributed by atoms with Crippen LogP contribution in [0.25, 0.3) is 0 Å². The Kier molecular flexibility index (Phi) is 5.70. The minimum atomic E-state index is -0.250. The summed E-state index contributed by atoms with van der Waals surface area (Å²) >= 11 is 5.13. The average Bonchev–Trinajstić information content (AvgIpc) is 2.52. The molecular weight excluding hydrogens is 264 g/mol. The zero-order valence-corrected chi connectivity index (χ0v) is 10.6. The number of aliphatic hydroxyl groups excluding tert-OH is 1. The molecule has 0 aliphatic rings. The summed E-state index contributed by atoms with van der Waals surface area (Å²) in [6.45, 7) is 0.725. The van der Waals surface area contributed by atoms with Gasteiger partial charge in [0.05, 0.1) is 6.10 Å². The molecule has 0 saturated heterocycles. The van der Waals surface area contributed by atoms with E-state index in [0.717, 1.165) is 30.3 Å². The van der Waals surface area contributed by atoms with Crippen LogP contribution in [0.4, 0.5) is 0 Å². The molecule has 14 heavy (non-hydrogen) atoms. The molecule has 2 nitrogen and oxygen atoms in total. The van der Waals surface area contributed by atoms with E-state index in [1.54, 1.807) is 18.4 Å². The van der Waals surface area contributed by atoms with Gasteiger partial charge in [0.25, 0.3) is 0 Å². The summed E-state index contributed by atoms with van der Waals surface area (Å²) in [5, 5.41) is 11.7. The fraction of sp³-hybridized carbons (Fsp3) is 0.600. The number of hydrogen-bond acceptors (Lipinski definition) is 3. The second kappa shape index (κ2) is 6.56. The van der Waals surface area contributed by atoms with E-state index in [1.807, 2.05) is 11.4 Å². The normalized spacial score (nSPS) is 13.1. The lowest BCUT2D eigenvalue weighted by Crippen LogP contribution is -2.10. The van der Waals surface area contributed by atoms with Gasteiger partial charge >= 0.3 is 0 Å². The van der Waals surface area contributed by atoms with Crippen LogP contribution in [0.1, 0.15) is 17.7 Å². The Morgan fingerprint density at radius 1 is 1.64 bits per heavy atom. The van der Waals surface area contributed by atoms with Crippen molar-refractivity contribution >= 4 is 27.3 Å². The van der Waals surface area contributed by atoms with E-state index in [1.165, 1.54) is 4.88 Å². The van der Waals surface area contributed by atoms with Crippen molar-refractivity contribution in [1.29, 1.82) is 0 Å². The van der Waals surface area contributed by atoms with Crippen LogP contribution in [0.15, 0.2) is 15.9 Å². The van der Waals surface area contributed by atoms with Crippen LogP contribution in [0.2, 0.25) is 0 Å². The van der Waals surface area contributed by atoms with Crippen molar-refractivity contribution in [3.63, 3.8) is 0 Å². The van der Waals surface area contributed by atoms with E-state index in [0.29, 0.717) is 0 Å². The first-order chi connectivity index (χ1) is 6.74. The number of hydrogen-bond donors (Lipinski definition) is 1. The third-order valence-electron chi connectivity index (χ3n) is 2.00. The molecule has 0 spiro atoms. The van der Waals surface area contributed by atoms with Gasteiger partial charge in [-0.15, -0.1) is 11.3 Å². The predicted molar refractivity (Wildman–Crippen MR) is 62.8 cm³/mol. The van der Waals surface area contributed by atoms with Gasteiger partial charge in [0, 0.05) is 29.5 Å². The van der Waals surface area contributed by atoms with Gasteiger partial charge in [-0.2, -0.15) is 0 Å². The van der Waals surface area contributed by atoms with Crippen LogP contribution >= 0.6 is 27.3 Å². The highest BCUT2D eigenvalue weighted by Gasteiger charge is 2.08. The first kappa shape index (κ1) is 12.2. The smallest absolute Gasteiger partial charge is 0.0589 e. The number of rotatable bonds is 6. The van der Waals surface area contributed by atoms with E-state index in [-0.39, 0.29) is 6.10 Å². The molecule has 0 bridgehead atoms. The van der Waals surface area contributed by atoms with Gasteiger partial charge in [0.15, 0.2) is 0 Å². The molecule has 4 heteroatoms. The summed E-state index contributed by atoms with van der Waals surface area (Å²) in [6, 6.07) is 2.02. The topological polar surface area (TPSA) is 29.5 Å². The number of halogens is 1. The van der Waals surface area contributed by atoms with Gasteiger partial charge in [-0.3, -0.25) is 0 Å². The molecule has 1 aromatic rings. The summed E-state index contributed by atoms with van der Waals surface area (Å²) in [6.07, 6.45) is 2.21. The standard InChI is InChI=1S/C10H15BrO2S/c1-13-5-2-3-8(12)7-10-9(11)4-6-14-10/h4,6,8,12H,2-3,5,7H2,1H3. The number of methoxy groups -OCH3 is 1. The minimum absolute atomic E-state index is 0.250. The fourth-order valence-corrected chi connectivity index (χ4v) is 2.84. The lowest BCUT2D eigenvalue weighted by Gasteiger charge is -2.08. The molecule has 1 N–H and O–H groups in total. The first-order valence-electron chi connectivity index (χ1n) is 4.63. The summed E-state index contributed by atoms with van der Waals surface area (Å²) < 4.78 is 6.04. The molecule has 0 aliphatic carbocycles. The predicted octanol–water partition coefficient (Wildman–Crippen LogP) is 2.84. The zero-order chi connectivity index (χ0) is 10.4. The highest BCUT2D eigenvalue weighted by Crippen LogP contribution is 2.24. The van der Waals surface area contributed by atoms with Crippen LogP contribution in [0.3, 0.4) is 0 Å². The van der Waals surface area contributed by atoms with Crippen molar-refractivity contribution in [3.8, 4) is 0 Å². The molecular formula is C10H15BrO2S. The molecule has 1 aromatic heterocycles. The van der Waals surface area contributed by atoms with Gasteiger partial charge < -0.3 is 9.84 Å². The molecule has 0 saturated carbocycles. The fourth-order valence-electron chi connectivity index (χ4n) is 1.25. The van der Waals surface area contributed by atoms with Gasteiger partial charge in [0.1, 0.15) is 0 Å². The Labute approximate surface area is 97.0 Å². The Hall–Kier alpha value is 0.100. The lowest BCUT2D eigenvalue weighted by molar-refractivity contribution is 0.135. The second-order valence-corrected chi connectivity index (χ2v) is 5.04. The van der Waals surface area contributed by atoms with Gasteiger partial charge in [-0.05, 0) is 40.2 Å². The quantitative estimate of drug-likeness (QED) is 0.811. The van der Waals surface area contributed by atoms with E-state index in [2.05, 4.69) is 15.9 Å². The maximum Gasteiger partial charge on any atom is 0.0589 e. The summed E-state index contributed by atoms with van der Waals surface area (Å²) in [5.74, 6) is 0. The summed E-state index contributed by atoms with van der Waals surface area (Å²) in [4.78, 5) is 1.22. The number of ether oxygens (including phenoxy) is 1. The molecule has 0 aromatic carbocycles. The highest BCUT2D eigenvalue weighted by atomic mass is 79.9. The molecule has 0 radical (unpaired) electrons. The third-order valence-corrected chi connectivity index (χ3v) is 3.95. The maximum absolute atomic E-state index is 9.70. The van der Waals surface area contributed by atoms with Crippen LogP contribution in [0.5, 0.6) is 0 Å². The Balaban J connectivity index is 2.27. The van der Waals surface area contributed by atoms with Crippen molar-refractivity contribution in [2.75, 3.05) is 13.7 Å². The van der Waals surface area contributed by atoms with Gasteiger partial charge in [0.2, 0.25) is 0 Å². The highest BCUT2D eigenvalue weighted by molar-refractivity contribution is 9.10. The van der Waals surface area contributed by atoms with Gasteiger partial charge in [-0.1, -0.05) is 0 Å². The first-order valence-corrected chi connectivity index (χ1v) is 6.30. The van der Waals surface area contributed by atoms with E-state index < -0.39 is 0 Å². The molecule has 1 unspecified atom stereocenters. The Morgan fingerprint density at radius 3 is 3.00 bits per heavy atom. The minimum Gasteiger partial charge on any atom is -0.393 e. The van der Waals surface area contributed by atoms with Crippen molar-refractivity contribution in [2.45, 2.75) is 25.4 Å². The maximum atomic E-state index is 9.70. The van der Waals surface area contributed by atoms with Crippen LogP contribution in [-0.2, 0) is 11.2 Å². The third kappa shape index (κ3) is 4.09. The van der Waals surface area contributed by atoms with Gasteiger partial charge in [-0.25, -0.2) is 0 Å². The van der Waals surface area contributed by atoms with Crippen molar-refractivity contribution in [3.05, 3.63) is 20.8 Å². The van der Waals surface area contributed by atoms with Crippen LogP contribution in [-0.4, -0.2) is 24.9 Å². The molecule has 1 atom stereocenters. The van der Waals surface area contributed by atoms with E-state index in [4.69, 9.17) is 4.74 Å². The molecule has 1 rings (SSSR count). The molecule has 0 amide bonds. The average molecular weight is 279 g/mol. The van der Waals surface area contributed by atoms with E-state index >= 15 is 0 Å². The number of aliphatic hydroxyl groups is 1.